The van der Waals surface area contributed by atoms with Crippen LogP contribution < -0.4 is 0 Å². The molecule has 10 heteroatoms. The quantitative estimate of drug-likeness (QED) is 0.0250. The number of allylic oxidation sites excluding steroid dienone is 2. The summed E-state index contributed by atoms with van der Waals surface area (Å²) in [6, 6.07) is 0. The summed E-state index contributed by atoms with van der Waals surface area (Å²) in [4.78, 5) is 35.0. The molecule has 0 aliphatic rings. The molecule has 0 bridgehead atoms. The highest BCUT2D eigenvalue weighted by Gasteiger charge is 2.27. The third-order valence-corrected chi connectivity index (χ3v) is 8.53. The van der Waals surface area contributed by atoms with Gasteiger partial charge in [0, 0.05) is 12.8 Å². The minimum absolute atomic E-state index is 0.0329. The van der Waals surface area contributed by atoms with Crippen molar-refractivity contribution in [3.8, 4) is 0 Å². The largest absolute Gasteiger partial charge is 0.472 e. The number of carbonyl (C=O) groups is 2. The number of nitrogens with zero attached hydrogens (tertiary/aromatic N) is 1. The van der Waals surface area contributed by atoms with Gasteiger partial charge in [-0.3, -0.25) is 18.6 Å². The molecule has 0 saturated heterocycles. The third kappa shape index (κ3) is 32.5. The molecule has 0 aromatic rings. The number of carbonyl (C=O) groups excluding carboxylic acids is 2. The van der Waals surface area contributed by atoms with Crippen molar-refractivity contribution in [2.75, 3.05) is 47.5 Å². The summed E-state index contributed by atoms with van der Waals surface area (Å²) in [5.41, 5.74) is 0. The van der Waals surface area contributed by atoms with E-state index in [2.05, 4.69) is 26.0 Å². The Hall–Kier alpha value is -1.25. The van der Waals surface area contributed by atoms with Gasteiger partial charge in [-0.15, -0.1) is 0 Å². The van der Waals surface area contributed by atoms with Crippen molar-refractivity contribution in [1.82, 2.24) is 0 Å². The smallest absolute Gasteiger partial charge is 0.462 e. The summed E-state index contributed by atoms with van der Waals surface area (Å²) in [7, 11) is 1.47. The van der Waals surface area contributed by atoms with E-state index in [9.17, 15) is 19.0 Å². The molecule has 1 unspecified atom stereocenters. The minimum atomic E-state index is -4.36. The average molecular weight is 663 g/mol. The number of quaternary nitrogens is 1. The van der Waals surface area contributed by atoms with Crippen LogP contribution in [0.25, 0.3) is 0 Å². The van der Waals surface area contributed by atoms with Gasteiger partial charge < -0.3 is 18.9 Å². The molecule has 0 aromatic heterocycles. The maximum atomic E-state index is 12.5. The van der Waals surface area contributed by atoms with Crippen LogP contribution in [-0.4, -0.2) is 74.9 Å². The molecule has 0 radical (unpaired) electrons. The molecule has 45 heavy (non-hydrogen) atoms. The summed E-state index contributed by atoms with van der Waals surface area (Å²) in [5, 5.41) is 0. The first-order valence-electron chi connectivity index (χ1n) is 17.9. The molecule has 0 spiro atoms. The standard InChI is InChI=1S/C35H68NO8P/c1-6-8-10-12-14-16-18-20-21-23-25-27-34(37)41-31-33(32-43-45(39,40)42-30-29-36(3,4)5)44-35(38)28-26-24-22-19-17-15-13-11-9-7-2/h12,14,33H,6-11,13,15-32H2,1-5H3/p+1/b14-12-/t33-/m1/s1. The number of unbranched alkanes of at least 4 members (excludes halogenated alkanes) is 16. The lowest BCUT2D eigenvalue weighted by molar-refractivity contribution is -0.870. The maximum absolute atomic E-state index is 12.5. The number of hydrogen-bond acceptors (Lipinski definition) is 7. The lowest BCUT2D eigenvalue weighted by atomic mass is 10.1. The summed E-state index contributed by atoms with van der Waals surface area (Å²) in [6.07, 6.45) is 25.5. The van der Waals surface area contributed by atoms with Gasteiger partial charge in [0.05, 0.1) is 27.7 Å². The van der Waals surface area contributed by atoms with Gasteiger partial charge in [0.2, 0.25) is 0 Å². The Morgan fingerprint density at radius 3 is 1.71 bits per heavy atom. The van der Waals surface area contributed by atoms with Crippen LogP contribution >= 0.6 is 7.82 Å². The number of rotatable bonds is 32. The second-order valence-electron chi connectivity index (χ2n) is 13.3. The van der Waals surface area contributed by atoms with E-state index in [0.29, 0.717) is 17.4 Å². The number of phosphoric acid groups is 1. The number of esters is 2. The predicted octanol–water partition coefficient (Wildman–Crippen LogP) is 9.07. The molecule has 266 valence electrons. The van der Waals surface area contributed by atoms with Gasteiger partial charge >= 0.3 is 19.8 Å². The van der Waals surface area contributed by atoms with Gasteiger partial charge in [0.1, 0.15) is 19.8 Å². The molecule has 2 atom stereocenters. The highest BCUT2D eigenvalue weighted by atomic mass is 31.2. The van der Waals surface area contributed by atoms with Crippen LogP contribution in [0, 0.1) is 0 Å². The van der Waals surface area contributed by atoms with Crippen LogP contribution in [0.15, 0.2) is 12.2 Å². The van der Waals surface area contributed by atoms with E-state index < -0.39 is 26.5 Å². The van der Waals surface area contributed by atoms with Crippen molar-refractivity contribution in [3.05, 3.63) is 12.2 Å². The number of phosphoric ester groups is 1. The first-order chi connectivity index (χ1) is 21.5. The topological polar surface area (TPSA) is 108 Å². The predicted molar refractivity (Wildman–Crippen MR) is 183 cm³/mol. The van der Waals surface area contributed by atoms with Crippen LogP contribution in [0.1, 0.15) is 149 Å². The number of hydrogen-bond donors (Lipinski definition) is 1. The van der Waals surface area contributed by atoms with Gasteiger partial charge in [-0.25, -0.2) is 4.57 Å². The molecule has 0 saturated carbocycles. The van der Waals surface area contributed by atoms with Crippen molar-refractivity contribution in [1.29, 1.82) is 0 Å². The fourth-order valence-corrected chi connectivity index (χ4v) is 5.38. The van der Waals surface area contributed by atoms with Crippen LogP contribution in [0.3, 0.4) is 0 Å². The average Bonchev–Trinajstić information content (AvgIpc) is 2.97. The summed E-state index contributed by atoms with van der Waals surface area (Å²) >= 11 is 0. The Labute approximate surface area is 276 Å². The Morgan fingerprint density at radius 1 is 0.667 bits per heavy atom. The zero-order valence-electron chi connectivity index (χ0n) is 29.6. The van der Waals surface area contributed by atoms with Crippen LogP contribution in [0.5, 0.6) is 0 Å². The Balaban J connectivity index is 4.49. The molecule has 0 rings (SSSR count). The first-order valence-corrected chi connectivity index (χ1v) is 19.4. The third-order valence-electron chi connectivity index (χ3n) is 7.55. The molecule has 0 aromatic carbocycles. The summed E-state index contributed by atoms with van der Waals surface area (Å²) < 4.78 is 34.0. The number of likely N-dealkylation sites (N-methyl/N-ethyl adjacent to an activating group) is 1. The second kappa shape index (κ2) is 28.9. The molecular weight excluding hydrogens is 593 g/mol. The normalized spacial score (nSPS) is 14.0. The van der Waals surface area contributed by atoms with Crippen LogP contribution in [0.2, 0.25) is 0 Å². The molecule has 0 aliphatic heterocycles. The van der Waals surface area contributed by atoms with Crippen molar-refractivity contribution in [2.45, 2.75) is 155 Å². The van der Waals surface area contributed by atoms with Gasteiger partial charge in [-0.1, -0.05) is 116 Å². The highest BCUT2D eigenvalue weighted by molar-refractivity contribution is 7.47. The minimum Gasteiger partial charge on any atom is -0.462 e. The zero-order valence-corrected chi connectivity index (χ0v) is 30.5. The molecule has 9 nitrogen and oxygen atoms in total. The monoisotopic (exact) mass is 662 g/mol. The molecule has 0 amide bonds. The van der Waals surface area contributed by atoms with E-state index in [1.807, 2.05) is 21.1 Å². The van der Waals surface area contributed by atoms with Crippen molar-refractivity contribution < 1.29 is 42.1 Å². The highest BCUT2D eigenvalue weighted by Crippen LogP contribution is 2.43. The van der Waals surface area contributed by atoms with E-state index in [1.54, 1.807) is 0 Å². The molecule has 1 N–H and O–H groups in total. The van der Waals surface area contributed by atoms with Gasteiger partial charge in [-0.2, -0.15) is 0 Å². The first kappa shape index (κ1) is 43.8. The summed E-state index contributed by atoms with van der Waals surface area (Å²) in [6.45, 7) is 4.34. The lowest BCUT2D eigenvalue weighted by Gasteiger charge is -2.24. The molecule has 0 aliphatic carbocycles. The van der Waals surface area contributed by atoms with Crippen LogP contribution in [0.4, 0.5) is 0 Å². The Bertz CT molecular complexity index is 799. The van der Waals surface area contributed by atoms with Crippen LogP contribution in [-0.2, 0) is 32.7 Å². The SMILES string of the molecule is CCCC/C=C\CCCCCCCC(=O)OC[C@H](COP(=O)(O)OCC[N+](C)(C)C)OC(=O)CCCCCCCCCCCC. The van der Waals surface area contributed by atoms with E-state index in [1.165, 1.54) is 57.8 Å². The fourth-order valence-electron chi connectivity index (χ4n) is 4.64. The lowest BCUT2D eigenvalue weighted by Crippen LogP contribution is -2.37. The van der Waals surface area contributed by atoms with Crippen molar-refractivity contribution in [2.24, 2.45) is 0 Å². The van der Waals surface area contributed by atoms with E-state index in [0.717, 1.165) is 57.8 Å². The van der Waals surface area contributed by atoms with E-state index in [4.69, 9.17) is 18.5 Å². The van der Waals surface area contributed by atoms with E-state index in [-0.39, 0.29) is 32.0 Å². The Morgan fingerprint density at radius 2 is 1.16 bits per heavy atom. The summed E-state index contributed by atoms with van der Waals surface area (Å²) in [5.74, 6) is -0.811. The fraction of sp³-hybridized carbons (Fsp3) is 0.886. The van der Waals surface area contributed by atoms with Crippen molar-refractivity contribution >= 4 is 19.8 Å². The zero-order chi connectivity index (χ0) is 33.7. The number of ether oxygens (including phenoxy) is 2. The van der Waals surface area contributed by atoms with E-state index >= 15 is 0 Å². The Kier molecular flexibility index (Phi) is 28.1. The second-order valence-corrected chi connectivity index (χ2v) is 14.7. The molecule has 0 heterocycles. The molecule has 0 fully saturated rings. The van der Waals surface area contributed by atoms with Gasteiger partial charge in [0.25, 0.3) is 0 Å². The van der Waals surface area contributed by atoms with Gasteiger partial charge in [0.15, 0.2) is 6.10 Å². The molecular formula is C35H69NO8P+. The maximum Gasteiger partial charge on any atom is 0.472 e. The van der Waals surface area contributed by atoms with Crippen molar-refractivity contribution in [3.63, 3.8) is 0 Å². The van der Waals surface area contributed by atoms with Gasteiger partial charge in [-0.05, 0) is 32.1 Å².